The van der Waals surface area contributed by atoms with Gasteiger partial charge in [-0.05, 0) is 30.7 Å². The van der Waals surface area contributed by atoms with Crippen LogP contribution in [0.4, 0.5) is 10.1 Å². The number of benzene rings is 1. The predicted molar refractivity (Wildman–Crippen MR) is 94.7 cm³/mol. The third kappa shape index (κ3) is 3.64. The highest BCUT2D eigenvalue weighted by atomic mass is 32.2. The van der Waals surface area contributed by atoms with Gasteiger partial charge in [-0.3, -0.25) is 4.79 Å². The molecular formula is C16H19FN2O3S2. The Kier molecular flexibility index (Phi) is 4.96. The summed E-state index contributed by atoms with van der Waals surface area (Å²) in [6.07, 6.45) is 2.07. The molecule has 1 aromatic rings. The van der Waals surface area contributed by atoms with E-state index >= 15 is 0 Å². The van der Waals surface area contributed by atoms with Crippen molar-refractivity contribution in [1.29, 1.82) is 0 Å². The van der Waals surface area contributed by atoms with E-state index in [2.05, 4.69) is 4.99 Å². The van der Waals surface area contributed by atoms with Gasteiger partial charge in [0.15, 0.2) is 15.0 Å². The third-order valence-corrected chi connectivity index (χ3v) is 7.35. The van der Waals surface area contributed by atoms with Crippen LogP contribution < -0.4 is 4.90 Å². The van der Waals surface area contributed by atoms with Crippen molar-refractivity contribution in [3.8, 4) is 0 Å². The number of unbranched alkanes of at least 4 members (excludes halogenated alkanes) is 1. The molecule has 130 valence electrons. The topological polar surface area (TPSA) is 66.8 Å². The number of carbonyl (C=O) groups is 1. The Labute approximate surface area is 145 Å². The van der Waals surface area contributed by atoms with E-state index in [0.29, 0.717) is 17.3 Å². The number of rotatable bonds is 4. The average molecular weight is 370 g/mol. The minimum absolute atomic E-state index is 0.0320. The third-order valence-electron chi connectivity index (χ3n) is 4.14. The molecule has 1 aromatic carbocycles. The molecule has 8 heteroatoms. The molecule has 0 N–H and O–H groups in total. The van der Waals surface area contributed by atoms with Crippen LogP contribution in [0.1, 0.15) is 26.2 Å². The van der Waals surface area contributed by atoms with Gasteiger partial charge in [-0.2, -0.15) is 4.99 Å². The summed E-state index contributed by atoms with van der Waals surface area (Å²) in [6.45, 7) is 2.00. The molecule has 0 unspecified atom stereocenters. The van der Waals surface area contributed by atoms with Gasteiger partial charge in [0, 0.05) is 17.4 Å². The lowest BCUT2D eigenvalue weighted by Gasteiger charge is -2.24. The minimum Gasteiger partial charge on any atom is -0.316 e. The number of halogens is 1. The summed E-state index contributed by atoms with van der Waals surface area (Å²) >= 11 is 1.33. The summed E-state index contributed by atoms with van der Waals surface area (Å²) in [7, 11) is -3.10. The van der Waals surface area contributed by atoms with Gasteiger partial charge in [-0.15, -0.1) is 0 Å². The number of anilines is 1. The molecule has 1 amide bonds. The maximum absolute atomic E-state index is 13.2. The van der Waals surface area contributed by atoms with Crippen LogP contribution in [0.5, 0.6) is 0 Å². The fourth-order valence-corrected chi connectivity index (χ4v) is 6.89. The molecule has 0 saturated carbocycles. The summed E-state index contributed by atoms with van der Waals surface area (Å²) in [5.74, 6) is -0.445. The van der Waals surface area contributed by atoms with E-state index in [-0.39, 0.29) is 34.5 Å². The van der Waals surface area contributed by atoms with Crippen molar-refractivity contribution in [1.82, 2.24) is 0 Å². The normalized spacial score (nSPS) is 26.8. The van der Waals surface area contributed by atoms with Gasteiger partial charge < -0.3 is 4.90 Å². The highest BCUT2D eigenvalue weighted by Gasteiger charge is 2.49. The number of amidine groups is 1. The molecule has 2 atom stereocenters. The monoisotopic (exact) mass is 370 g/mol. The molecule has 3 rings (SSSR count). The van der Waals surface area contributed by atoms with E-state index in [4.69, 9.17) is 0 Å². The van der Waals surface area contributed by atoms with Crippen LogP contribution in [0.15, 0.2) is 29.3 Å². The molecule has 2 saturated heterocycles. The van der Waals surface area contributed by atoms with Crippen LogP contribution >= 0.6 is 11.8 Å². The van der Waals surface area contributed by atoms with E-state index < -0.39 is 9.84 Å². The zero-order valence-electron chi connectivity index (χ0n) is 13.3. The molecule has 2 aliphatic heterocycles. The second-order valence-corrected chi connectivity index (χ2v) is 9.40. The van der Waals surface area contributed by atoms with Crippen molar-refractivity contribution in [3.63, 3.8) is 0 Å². The lowest BCUT2D eigenvalue weighted by atomic mass is 10.2. The van der Waals surface area contributed by atoms with Crippen LogP contribution in [0, 0.1) is 5.82 Å². The van der Waals surface area contributed by atoms with Crippen molar-refractivity contribution >= 4 is 38.4 Å². The molecule has 2 heterocycles. The Balaban J connectivity index is 1.92. The van der Waals surface area contributed by atoms with Gasteiger partial charge in [-0.1, -0.05) is 25.1 Å². The van der Waals surface area contributed by atoms with Gasteiger partial charge in [-0.25, -0.2) is 12.8 Å². The van der Waals surface area contributed by atoms with Crippen LogP contribution in [0.25, 0.3) is 0 Å². The van der Waals surface area contributed by atoms with Crippen molar-refractivity contribution in [3.05, 3.63) is 30.1 Å². The van der Waals surface area contributed by atoms with Crippen LogP contribution in [0.3, 0.4) is 0 Å². The SMILES string of the molecule is CCCCC(=O)N=C1S[C@H]2CS(=O)(=O)C[C@@H]2N1c1ccc(F)cc1. The van der Waals surface area contributed by atoms with Gasteiger partial charge >= 0.3 is 0 Å². The fraction of sp³-hybridized carbons (Fsp3) is 0.500. The van der Waals surface area contributed by atoms with Gasteiger partial charge in [0.1, 0.15) is 5.82 Å². The van der Waals surface area contributed by atoms with E-state index in [9.17, 15) is 17.6 Å². The Bertz CT molecular complexity index is 762. The van der Waals surface area contributed by atoms with E-state index in [1.54, 1.807) is 17.0 Å². The van der Waals surface area contributed by atoms with Crippen molar-refractivity contribution in [2.75, 3.05) is 16.4 Å². The maximum Gasteiger partial charge on any atom is 0.248 e. The maximum atomic E-state index is 13.2. The Morgan fingerprint density at radius 2 is 2.04 bits per heavy atom. The molecule has 0 bridgehead atoms. The molecule has 5 nitrogen and oxygen atoms in total. The Hall–Kier alpha value is -1.41. The van der Waals surface area contributed by atoms with E-state index in [0.717, 1.165) is 12.8 Å². The fourth-order valence-electron chi connectivity index (χ4n) is 2.96. The number of fused-ring (bicyclic) bond motifs is 1. The number of hydrogen-bond acceptors (Lipinski definition) is 4. The zero-order valence-corrected chi connectivity index (χ0v) is 14.9. The van der Waals surface area contributed by atoms with Gasteiger partial charge in [0.2, 0.25) is 5.91 Å². The largest absolute Gasteiger partial charge is 0.316 e. The van der Waals surface area contributed by atoms with Crippen LogP contribution in [0.2, 0.25) is 0 Å². The second kappa shape index (κ2) is 6.84. The van der Waals surface area contributed by atoms with Crippen molar-refractivity contribution in [2.45, 2.75) is 37.5 Å². The average Bonchev–Trinajstić information content (AvgIpc) is 2.97. The van der Waals surface area contributed by atoms with Crippen molar-refractivity contribution < 1.29 is 17.6 Å². The Morgan fingerprint density at radius 1 is 1.33 bits per heavy atom. The van der Waals surface area contributed by atoms with Gasteiger partial charge in [0.25, 0.3) is 0 Å². The van der Waals surface area contributed by atoms with E-state index in [1.807, 2.05) is 6.92 Å². The summed E-state index contributed by atoms with van der Waals surface area (Å²) in [4.78, 5) is 18.0. The number of thioether (sulfide) groups is 1. The lowest BCUT2D eigenvalue weighted by molar-refractivity contribution is -0.117. The molecule has 24 heavy (non-hydrogen) atoms. The summed E-state index contributed by atoms with van der Waals surface area (Å²) in [5, 5.41) is 0.380. The second-order valence-electron chi connectivity index (χ2n) is 6.04. The first-order valence-electron chi connectivity index (χ1n) is 7.93. The first-order chi connectivity index (χ1) is 11.4. The quantitative estimate of drug-likeness (QED) is 0.815. The lowest BCUT2D eigenvalue weighted by Crippen LogP contribution is -2.37. The molecule has 2 fully saturated rings. The number of nitrogens with zero attached hydrogens (tertiary/aromatic N) is 2. The molecular weight excluding hydrogens is 351 g/mol. The molecule has 2 aliphatic rings. The number of sulfone groups is 1. The molecule has 0 spiro atoms. The summed E-state index contributed by atoms with van der Waals surface area (Å²) in [6, 6.07) is 5.58. The smallest absolute Gasteiger partial charge is 0.248 e. The van der Waals surface area contributed by atoms with E-state index in [1.165, 1.54) is 23.9 Å². The number of aliphatic imine (C=N–C) groups is 1. The Morgan fingerprint density at radius 3 is 2.71 bits per heavy atom. The minimum atomic E-state index is -3.10. The summed E-state index contributed by atoms with van der Waals surface area (Å²) < 4.78 is 37.1. The zero-order chi connectivity index (χ0) is 17.3. The highest BCUT2D eigenvalue weighted by Crippen LogP contribution is 2.41. The number of carbonyl (C=O) groups excluding carboxylic acids is 1. The van der Waals surface area contributed by atoms with Crippen LogP contribution in [-0.2, 0) is 14.6 Å². The van der Waals surface area contributed by atoms with Crippen molar-refractivity contribution in [2.24, 2.45) is 4.99 Å². The first kappa shape index (κ1) is 17.4. The summed E-state index contributed by atoms with van der Waals surface area (Å²) in [5.41, 5.74) is 0.663. The molecule has 0 aromatic heterocycles. The standard InChI is InChI=1S/C16H19FN2O3S2/c1-2-3-4-15(20)18-16-19(12-7-5-11(17)6-8-12)13-9-24(21,22)10-14(13)23-16/h5-8,13-14H,2-4,9-10H2,1H3/t13-,14-/m0/s1. The van der Waals surface area contributed by atoms with Gasteiger partial charge in [0.05, 0.1) is 17.5 Å². The number of amides is 1. The molecule has 0 radical (unpaired) electrons. The molecule has 0 aliphatic carbocycles. The predicted octanol–water partition coefficient (Wildman–Crippen LogP) is 2.62. The number of hydrogen-bond donors (Lipinski definition) is 0. The first-order valence-corrected chi connectivity index (χ1v) is 10.6. The highest BCUT2D eigenvalue weighted by molar-refractivity contribution is 8.16. The van der Waals surface area contributed by atoms with Crippen LogP contribution in [-0.4, -0.2) is 42.3 Å².